The molecular formula is C26H46N2O5S2. The van der Waals surface area contributed by atoms with Crippen LogP contribution in [0.25, 0.3) is 0 Å². The molecule has 1 rings (SSSR count). The summed E-state index contributed by atoms with van der Waals surface area (Å²) in [4.78, 5) is 48.7. The fraction of sp³-hybridized carbons (Fsp3) is 0.846. The van der Waals surface area contributed by atoms with Crippen molar-refractivity contribution in [2.75, 3.05) is 12.4 Å². The Morgan fingerprint density at radius 3 is 2.31 bits per heavy atom. The molecule has 1 heterocycles. The van der Waals surface area contributed by atoms with Crippen LogP contribution < -0.4 is 10.6 Å². The Morgan fingerprint density at radius 1 is 1.03 bits per heavy atom. The van der Waals surface area contributed by atoms with E-state index in [0.717, 1.165) is 24.5 Å². The van der Waals surface area contributed by atoms with Crippen molar-refractivity contribution >= 4 is 45.5 Å². The van der Waals surface area contributed by atoms with E-state index in [1.807, 2.05) is 63.1 Å². The lowest BCUT2D eigenvalue weighted by molar-refractivity contribution is -0.147. The van der Waals surface area contributed by atoms with Gasteiger partial charge in [-0.05, 0) is 52.9 Å². The number of amides is 1. The SMILES string of the molecule is CC(C)(C)NC(CCC(=O)NC(C=O)CCC(=O)C(C)(C)C)C(=O)OCCCCCC1CCSS1. The van der Waals surface area contributed by atoms with E-state index in [4.69, 9.17) is 4.74 Å². The van der Waals surface area contributed by atoms with Gasteiger partial charge in [-0.15, -0.1) is 0 Å². The van der Waals surface area contributed by atoms with Gasteiger partial charge in [-0.1, -0.05) is 55.2 Å². The highest BCUT2D eigenvalue weighted by Gasteiger charge is 2.27. The van der Waals surface area contributed by atoms with Gasteiger partial charge < -0.3 is 14.8 Å². The largest absolute Gasteiger partial charge is 0.465 e. The van der Waals surface area contributed by atoms with E-state index >= 15 is 0 Å². The van der Waals surface area contributed by atoms with Crippen LogP contribution in [-0.4, -0.2) is 59.2 Å². The lowest BCUT2D eigenvalue weighted by Crippen LogP contribution is -2.49. The van der Waals surface area contributed by atoms with Crippen LogP contribution in [0.2, 0.25) is 0 Å². The van der Waals surface area contributed by atoms with Crippen LogP contribution in [0.15, 0.2) is 0 Å². The van der Waals surface area contributed by atoms with Gasteiger partial charge in [0.15, 0.2) is 0 Å². The zero-order valence-corrected chi connectivity index (χ0v) is 24.1. The van der Waals surface area contributed by atoms with E-state index in [0.29, 0.717) is 12.9 Å². The van der Waals surface area contributed by atoms with Crippen LogP contribution in [-0.2, 0) is 23.9 Å². The topological polar surface area (TPSA) is 102 Å². The molecule has 9 heteroatoms. The Bertz CT molecular complexity index is 682. The van der Waals surface area contributed by atoms with Crippen molar-refractivity contribution in [2.45, 2.75) is 122 Å². The molecule has 0 radical (unpaired) electrons. The number of ketones is 1. The molecule has 1 aliphatic heterocycles. The first-order valence-electron chi connectivity index (χ1n) is 12.8. The van der Waals surface area contributed by atoms with E-state index in [-0.39, 0.29) is 48.9 Å². The second-order valence-corrected chi connectivity index (χ2v) is 14.1. The molecule has 35 heavy (non-hydrogen) atoms. The number of rotatable bonds is 16. The molecule has 0 bridgehead atoms. The highest BCUT2D eigenvalue weighted by Crippen LogP contribution is 2.39. The number of hydrogen-bond acceptors (Lipinski definition) is 8. The quantitative estimate of drug-likeness (QED) is 0.126. The third-order valence-corrected chi connectivity index (χ3v) is 8.73. The molecule has 1 fully saturated rings. The van der Waals surface area contributed by atoms with Gasteiger partial charge in [0.2, 0.25) is 5.91 Å². The normalized spacial score (nSPS) is 18.1. The first-order valence-corrected chi connectivity index (χ1v) is 15.2. The highest BCUT2D eigenvalue weighted by molar-refractivity contribution is 8.77. The van der Waals surface area contributed by atoms with Gasteiger partial charge in [0.1, 0.15) is 18.1 Å². The van der Waals surface area contributed by atoms with E-state index < -0.39 is 17.5 Å². The number of unbranched alkanes of at least 4 members (excludes halogenated alkanes) is 2. The minimum atomic E-state index is -0.712. The van der Waals surface area contributed by atoms with E-state index in [1.165, 1.54) is 18.6 Å². The molecule has 3 unspecified atom stereocenters. The predicted molar refractivity (Wildman–Crippen MR) is 145 cm³/mol. The maximum atomic E-state index is 12.7. The van der Waals surface area contributed by atoms with Crippen molar-refractivity contribution in [2.24, 2.45) is 5.41 Å². The van der Waals surface area contributed by atoms with Crippen LogP contribution in [0, 0.1) is 5.41 Å². The van der Waals surface area contributed by atoms with Crippen LogP contribution in [0.1, 0.15) is 99.3 Å². The number of nitrogens with one attached hydrogen (secondary N) is 2. The fourth-order valence-corrected chi connectivity index (χ4v) is 6.68. The Kier molecular flexibility index (Phi) is 14.5. The Hall–Kier alpha value is -1.06. The summed E-state index contributed by atoms with van der Waals surface area (Å²) in [5.74, 6) is 0.631. The summed E-state index contributed by atoms with van der Waals surface area (Å²) in [5, 5.41) is 6.70. The second-order valence-electron chi connectivity index (χ2n) is 11.4. The number of carbonyl (C=O) groups is 4. The summed E-state index contributed by atoms with van der Waals surface area (Å²) >= 11 is 0. The minimum absolute atomic E-state index is 0.0483. The molecule has 3 atom stereocenters. The summed E-state index contributed by atoms with van der Waals surface area (Å²) in [6, 6.07) is -1.32. The monoisotopic (exact) mass is 530 g/mol. The van der Waals surface area contributed by atoms with E-state index in [9.17, 15) is 19.2 Å². The molecule has 1 amide bonds. The molecule has 2 N–H and O–H groups in total. The molecule has 0 aliphatic carbocycles. The van der Waals surface area contributed by atoms with Crippen molar-refractivity contribution in [3.8, 4) is 0 Å². The average molecular weight is 531 g/mol. The summed E-state index contributed by atoms with van der Waals surface area (Å²) in [5.41, 5.74) is -0.798. The Morgan fingerprint density at radius 2 is 1.74 bits per heavy atom. The molecule has 1 aliphatic rings. The molecule has 7 nitrogen and oxygen atoms in total. The van der Waals surface area contributed by atoms with Crippen molar-refractivity contribution in [3.05, 3.63) is 0 Å². The first kappa shape index (κ1) is 32.0. The lowest BCUT2D eigenvalue weighted by Gasteiger charge is -2.27. The number of esters is 1. The third-order valence-electron chi connectivity index (χ3n) is 5.72. The van der Waals surface area contributed by atoms with Gasteiger partial charge in [0.25, 0.3) is 0 Å². The van der Waals surface area contributed by atoms with Crippen molar-refractivity contribution < 1.29 is 23.9 Å². The van der Waals surface area contributed by atoms with Crippen LogP contribution in [0.4, 0.5) is 0 Å². The standard InChI is InChI=1S/C26H46N2O5S2/c1-25(2,3)22(30)13-11-19(18-29)27-23(31)14-12-21(28-26(4,5)6)24(32)33-16-9-7-8-10-20-15-17-34-35-20/h18-21,28H,7-17H2,1-6H3,(H,27,31). The first-order chi connectivity index (χ1) is 16.3. The van der Waals surface area contributed by atoms with Crippen molar-refractivity contribution in [1.82, 2.24) is 10.6 Å². The summed E-state index contributed by atoms with van der Waals surface area (Å²) in [6.07, 6.45) is 7.06. The molecule has 1 saturated heterocycles. The minimum Gasteiger partial charge on any atom is -0.465 e. The average Bonchev–Trinajstić information content (AvgIpc) is 3.28. The number of hydrogen-bond donors (Lipinski definition) is 2. The van der Waals surface area contributed by atoms with Gasteiger partial charge in [-0.25, -0.2) is 0 Å². The van der Waals surface area contributed by atoms with Crippen LogP contribution in [0.5, 0.6) is 0 Å². The molecular weight excluding hydrogens is 484 g/mol. The van der Waals surface area contributed by atoms with Crippen LogP contribution in [0.3, 0.4) is 0 Å². The lowest BCUT2D eigenvalue weighted by atomic mass is 9.87. The number of Topliss-reactive ketones (excluding diaryl/α,β-unsaturated/α-hetero) is 1. The number of carbonyl (C=O) groups excluding carboxylic acids is 4. The summed E-state index contributed by atoms with van der Waals surface area (Å²) in [7, 11) is 3.95. The zero-order valence-electron chi connectivity index (χ0n) is 22.4. The van der Waals surface area contributed by atoms with Crippen molar-refractivity contribution in [3.63, 3.8) is 0 Å². The molecule has 0 aromatic rings. The Labute approximate surface area is 219 Å². The molecule has 0 aromatic heterocycles. The molecule has 0 aromatic carbocycles. The van der Waals surface area contributed by atoms with E-state index in [2.05, 4.69) is 10.6 Å². The second kappa shape index (κ2) is 15.9. The van der Waals surface area contributed by atoms with Gasteiger partial charge >= 0.3 is 5.97 Å². The van der Waals surface area contributed by atoms with E-state index in [1.54, 1.807) is 0 Å². The number of aldehydes is 1. The fourth-order valence-electron chi connectivity index (χ4n) is 3.65. The molecule has 0 saturated carbocycles. The Balaban J connectivity index is 2.42. The smallest absolute Gasteiger partial charge is 0.323 e. The highest BCUT2D eigenvalue weighted by atomic mass is 33.1. The molecule has 0 spiro atoms. The maximum Gasteiger partial charge on any atom is 0.323 e. The van der Waals surface area contributed by atoms with Crippen LogP contribution >= 0.6 is 21.6 Å². The zero-order chi connectivity index (χ0) is 26.5. The van der Waals surface area contributed by atoms with Crippen molar-refractivity contribution in [1.29, 1.82) is 0 Å². The van der Waals surface area contributed by atoms with Gasteiger partial charge in [-0.2, -0.15) is 0 Å². The third kappa shape index (κ3) is 14.9. The van der Waals surface area contributed by atoms with Gasteiger partial charge in [0, 0.05) is 34.8 Å². The van der Waals surface area contributed by atoms with Gasteiger partial charge in [-0.3, -0.25) is 19.7 Å². The predicted octanol–water partition coefficient (Wildman–Crippen LogP) is 4.86. The summed E-state index contributed by atoms with van der Waals surface area (Å²) in [6.45, 7) is 11.8. The maximum absolute atomic E-state index is 12.7. The molecule has 202 valence electrons. The summed E-state index contributed by atoms with van der Waals surface area (Å²) < 4.78 is 5.52. The number of ether oxygens (including phenoxy) is 1. The van der Waals surface area contributed by atoms with Gasteiger partial charge in [0.05, 0.1) is 12.6 Å².